The maximum atomic E-state index is 14.5. The van der Waals surface area contributed by atoms with E-state index < -0.39 is 102 Å². The fraction of sp³-hybridized carbons (Fsp3) is 0.426. The van der Waals surface area contributed by atoms with Gasteiger partial charge in [-0.2, -0.15) is 0 Å². The van der Waals surface area contributed by atoms with Gasteiger partial charge in [0.05, 0.1) is 12.9 Å². The second kappa shape index (κ2) is 28.2. The lowest BCUT2D eigenvalue weighted by Gasteiger charge is -2.27. The summed E-state index contributed by atoms with van der Waals surface area (Å²) >= 11 is 0. The SMILES string of the molecule is CCCC[C@H](NC(C)=O)C(=O)N[C@@H](CCC(=O)O)C(=O)N[C@@H](Cc1cnc[nH]1)C(=O)N[C@@H](Cc1ccccc1)C(=O)N[C@@H](CCCN=C(N)N)C(=O)N[C@@H](Cc1c[nH]c2ccccc12)C(=O)NCC(N)=O. The van der Waals surface area contributed by atoms with Gasteiger partial charge in [0.2, 0.25) is 47.3 Å². The summed E-state index contributed by atoms with van der Waals surface area (Å²) < 4.78 is 0. The number of aromatic nitrogens is 3. The van der Waals surface area contributed by atoms with Crippen molar-refractivity contribution in [3.8, 4) is 0 Å². The lowest BCUT2D eigenvalue weighted by atomic mass is 10.0. The van der Waals surface area contributed by atoms with Crippen LogP contribution in [0.2, 0.25) is 0 Å². The largest absolute Gasteiger partial charge is 0.481 e. The van der Waals surface area contributed by atoms with Crippen LogP contribution in [0, 0.1) is 0 Å². The fourth-order valence-corrected chi connectivity index (χ4v) is 7.50. The Morgan fingerprint density at radius 1 is 0.648 bits per heavy atom. The molecule has 0 aliphatic heterocycles. The summed E-state index contributed by atoms with van der Waals surface area (Å²) in [5.74, 6) is -7.72. The molecule has 0 spiro atoms. The number of primary amides is 1. The molecule has 0 bridgehead atoms. The number of carboxylic acid groups (broad SMARTS) is 1. The predicted octanol–water partition coefficient (Wildman–Crippen LogP) is -1.44. The Balaban J connectivity index is 1.65. The number of hydrogen-bond donors (Lipinski definition) is 13. The molecular formula is C47H64N14O10. The zero-order valence-corrected chi connectivity index (χ0v) is 39.6. The second-order valence-electron chi connectivity index (χ2n) is 16.8. The van der Waals surface area contributed by atoms with Crippen LogP contribution in [0.15, 0.2) is 78.3 Å². The molecule has 4 aromatic rings. The van der Waals surface area contributed by atoms with E-state index in [-0.39, 0.29) is 57.5 Å². The number of rotatable bonds is 30. The molecule has 0 aliphatic carbocycles. The molecular weight excluding hydrogens is 921 g/mol. The van der Waals surface area contributed by atoms with Gasteiger partial charge in [0.1, 0.15) is 36.3 Å². The molecule has 0 saturated carbocycles. The van der Waals surface area contributed by atoms with Gasteiger partial charge in [-0.25, -0.2) is 4.98 Å². The summed E-state index contributed by atoms with van der Waals surface area (Å²) in [6.45, 7) is 2.66. The summed E-state index contributed by atoms with van der Waals surface area (Å²) in [5.41, 5.74) is 18.8. The fourth-order valence-electron chi connectivity index (χ4n) is 7.50. The molecule has 2 aromatic carbocycles. The zero-order valence-electron chi connectivity index (χ0n) is 39.6. The minimum absolute atomic E-state index is 0.0409. The number of unbranched alkanes of at least 4 members (excludes halogenated alkanes) is 1. The van der Waals surface area contributed by atoms with Crippen molar-refractivity contribution in [1.29, 1.82) is 0 Å². The summed E-state index contributed by atoms with van der Waals surface area (Å²) in [6.07, 6.45) is 4.71. The Hall–Kier alpha value is -8.31. The van der Waals surface area contributed by atoms with Crippen molar-refractivity contribution < 1.29 is 48.3 Å². The Bertz CT molecular complexity index is 2470. The van der Waals surface area contributed by atoms with Crippen LogP contribution in [0.25, 0.3) is 10.9 Å². The van der Waals surface area contributed by atoms with Gasteiger partial charge in [-0.3, -0.25) is 48.1 Å². The number of amides is 8. The van der Waals surface area contributed by atoms with Gasteiger partial charge in [0.25, 0.3) is 0 Å². The quantitative estimate of drug-likeness (QED) is 0.0162. The topological polar surface area (TPSA) is 393 Å². The molecule has 0 radical (unpaired) electrons. The van der Waals surface area contributed by atoms with E-state index in [1.54, 1.807) is 42.6 Å². The highest BCUT2D eigenvalue weighted by atomic mass is 16.4. The molecule has 2 heterocycles. The summed E-state index contributed by atoms with van der Waals surface area (Å²) in [6, 6.07) is 7.86. The monoisotopic (exact) mass is 984 g/mol. The van der Waals surface area contributed by atoms with Gasteiger partial charge >= 0.3 is 5.97 Å². The van der Waals surface area contributed by atoms with E-state index in [0.29, 0.717) is 29.7 Å². The number of hydrogen-bond acceptors (Lipinski definition) is 11. The van der Waals surface area contributed by atoms with Crippen molar-refractivity contribution in [2.75, 3.05) is 13.1 Å². The van der Waals surface area contributed by atoms with E-state index >= 15 is 0 Å². The lowest BCUT2D eigenvalue weighted by molar-refractivity contribution is -0.138. The number of aliphatic carboxylic acids is 1. The first-order valence-corrected chi connectivity index (χ1v) is 23.1. The smallest absolute Gasteiger partial charge is 0.303 e. The number of benzene rings is 2. The third-order valence-electron chi connectivity index (χ3n) is 11.1. The van der Waals surface area contributed by atoms with Crippen LogP contribution >= 0.6 is 0 Å². The molecule has 16 N–H and O–H groups in total. The molecule has 6 atom stereocenters. The van der Waals surface area contributed by atoms with Crippen LogP contribution < -0.4 is 54.4 Å². The van der Waals surface area contributed by atoms with Gasteiger partial charge in [-0.15, -0.1) is 0 Å². The van der Waals surface area contributed by atoms with Crippen molar-refractivity contribution in [3.05, 3.63) is 90.1 Å². The summed E-state index contributed by atoms with van der Waals surface area (Å²) in [7, 11) is 0. The molecule has 71 heavy (non-hydrogen) atoms. The number of imidazole rings is 1. The maximum absolute atomic E-state index is 14.5. The van der Waals surface area contributed by atoms with Crippen LogP contribution in [-0.4, -0.2) is 129 Å². The van der Waals surface area contributed by atoms with Gasteiger partial charge in [0.15, 0.2) is 5.96 Å². The first kappa shape index (κ1) is 55.3. The third kappa shape index (κ3) is 19.0. The number of H-pyrrole nitrogens is 2. The predicted molar refractivity (Wildman–Crippen MR) is 260 cm³/mol. The molecule has 0 unspecified atom stereocenters. The number of carbonyl (C=O) groups is 9. The van der Waals surface area contributed by atoms with Crippen LogP contribution in [0.3, 0.4) is 0 Å². The van der Waals surface area contributed by atoms with E-state index in [4.69, 9.17) is 17.2 Å². The second-order valence-corrected chi connectivity index (χ2v) is 16.8. The Kier molecular flexibility index (Phi) is 22.0. The number of carbonyl (C=O) groups excluding carboxylic acids is 8. The number of nitrogens with two attached hydrogens (primary N) is 3. The van der Waals surface area contributed by atoms with Gasteiger partial charge in [-0.1, -0.05) is 68.3 Å². The first-order valence-electron chi connectivity index (χ1n) is 23.1. The van der Waals surface area contributed by atoms with E-state index in [9.17, 15) is 48.3 Å². The van der Waals surface area contributed by atoms with Crippen LogP contribution in [0.4, 0.5) is 0 Å². The average Bonchev–Trinajstić information content (AvgIpc) is 4.01. The number of nitrogens with one attached hydrogen (secondary N) is 9. The van der Waals surface area contributed by atoms with E-state index in [2.05, 4.69) is 57.2 Å². The number of para-hydroxylation sites is 1. The highest BCUT2D eigenvalue weighted by Gasteiger charge is 2.34. The van der Waals surface area contributed by atoms with Crippen molar-refractivity contribution in [3.63, 3.8) is 0 Å². The Morgan fingerprint density at radius 3 is 1.77 bits per heavy atom. The molecule has 4 rings (SSSR count). The number of fused-ring (bicyclic) bond motifs is 1. The number of aliphatic imine (C=N–C) groups is 1. The first-order chi connectivity index (χ1) is 33.9. The Morgan fingerprint density at radius 2 is 1.20 bits per heavy atom. The molecule has 0 fully saturated rings. The van der Waals surface area contributed by atoms with E-state index in [0.717, 1.165) is 10.9 Å². The van der Waals surface area contributed by atoms with Crippen molar-refractivity contribution >= 4 is 70.1 Å². The number of carboxylic acids is 1. The van der Waals surface area contributed by atoms with Gasteiger partial charge < -0.3 is 69.5 Å². The number of aromatic amines is 2. The van der Waals surface area contributed by atoms with E-state index in [1.807, 2.05) is 25.1 Å². The Labute approximate surface area is 409 Å². The van der Waals surface area contributed by atoms with Crippen LogP contribution in [0.1, 0.15) is 75.6 Å². The number of guanidine groups is 1. The van der Waals surface area contributed by atoms with Gasteiger partial charge in [-0.05, 0) is 42.9 Å². The maximum Gasteiger partial charge on any atom is 0.303 e. The van der Waals surface area contributed by atoms with Crippen molar-refractivity contribution in [2.45, 2.75) is 114 Å². The molecule has 2 aromatic heterocycles. The number of nitrogens with zero attached hydrogens (tertiary/aromatic N) is 2. The zero-order chi connectivity index (χ0) is 51.9. The molecule has 0 saturated heterocycles. The highest BCUT2D eigenvalue weighted by Crippen LogP contribution is 2.20. The molecule has 382 valence electrons. The molecule has 24 nitrogen and oxygen atoms in total. The average molecular weight is 985 g/mol. The van der Waals surface area contributed by atoms with Crippen LogP contribution in [-0.2, 0) is 62.4 Å². The minimum atomic E-state index is -1.48. The molecule has 8 amide bonds. The van der Waals surface area contributed by atoms with E-state index in [1.165, 1.54) is 19.4 Å². The molecule has 24 heteroatoms. The lowest BCUT2D eigenvalue weighted by Crippen LogP contribution is -2.60. The van der Waals surface area contributed by atoms with Crippen LogP contribution in [0.5, 0.6) is 0 Å². The minimum Gasteiger partial charge on any atom is -0.481 e. The normalized spacial score (nSPS) is 13.4. The third-order valence-corrected chi connectivity index (χ3v) is 11.1. The standard InChI is InChI=1S/C47H64N14O10/c1-3-4-14-33(56-27(2)62)42(67)58-35(17-18-40(64)65)44(69)61-38(22-30-24-51-26-55-30)46(71)59-36(20-28-11-6-5-7-12-28)45(70)57-34(16-10-19-52-47(49)50)43(68)60-37(41(66)54-25-39(48)63)21-29-23-53-32-15-9-8-13-31(29)32/h5-9,11-13,15,23-24,26,33-38,53H,3-4,10,14,16-22,25H2,1-2H3,(H2,48,63)(H,51,55)(H,54,66)(H,56,62)(H,57,70)(H,58,67)(H,59,71)(H,60,68)(H,61,69)(H,64,65)(H4,49,50,52)/t33-,34-,35-,36-,37-,38-/m0/s1. The molecule has 0 aliphatic rings. The summed E-state index contributed by atoms with van der Waals surface area (Å²) in [4.78, 5) is 134. The summed E-state index contributed by atoms with van der Waals surface area (Å²) in [5, 5.41) is 28.6. The van der Waals surface area contributed by atoms with Crippen molar-refractivity contribution in [1.82, 2.24) is 52.2 Å². The van der Waals surface area contributed by atoms with Gasteiger partial charge in [0, 0.05) is 68.1 Å². The van der Waals surface area contributed by atoms with Crippen molar-refractivity contribution in [2.24, 2.45) is 22.2 Å². The highest BCUT2D eigenvalue weighted by molar-refractivity contribution is 5.98.